The van der Waals surface area contributed by atoms with Crippen molar-refractivity contribution in [1.29, 1.82) is 0 Å². The van der Waals surface area contributed by atoms with Gasteiger partial charge < -0.3 is 14.3 Å². The van der Waals surface area contributed by atoms with Crippen molar-refractivity contribution in [1.82, 2.24) is 0 Å². The van der Waals surface area contributed by atoms with Crippen LogP contribution >= 0.6 is 11.6 Å². The molecule has 0 spiro atoms. The van der Waals surface area contributed by atoms with Crippen molar-refractivity contribution in [2.24, 2.45) is 5.16 Å². The minimum Gasteiger partial charge on any atom is -0.490 e. The summed E-state index contributed by atoms with van der Waals surface area (Å²) in [6.45, 7) is 0.669. The second kappa shape index (κ2) is 8.80. The molecule has 23 heavy (non-hydrogen) atoms. The number of methoxy groups -OCH3 is 1. The zero-order chi connectivity index (χ0) is 16.5. The Hall–Kier alpha value is -2.53. The number of nitrogens with zero attached hydrogens (tertiary/aromatic N) is 1. The Morgan fingerprint density at radius 2 is 1.96 bits per heavy atom. The molecule has 0 saturated carbocycles. The second-order valence-corrected chi connectivity index (χ2v) is 4.92. The van der Waals surface area contributed by atoms with Crippen LogP contribution in [0.5, 0.6) is 5.75 Å². The average Bonchev–Trinajstić information content (AvgIpc) is 2.58. The second-order valence-electron chi connectivity index (χ2n) is 4.49. The molecule has 2 rings (SSSR count). The first-order chi connectivity index (χ1) is 11.2. The Balaban J connectivity index is 1.71. The highest BCUT2D eigenvalue weighted by molar-refractivity contribution is 6.30. The molecule has 0 heterocycles. The molecule has 0 unspecified atom stereocenters. The van der Waals surface area contributed by atoms with Crippen LogP contribution in [0.4, 0.5) is 0 Å². The summed E-state index contributed by atoms with van der Waals surface area (Å²) in [5.74, 6) is 0.311. The number of carbonyl (C=O) groups is 1. The molecule has 0 bridgehead atoms. The molecule has 0 aromatic heterocycles. The van der Waals surface area contributed by atoms with Gasteiger partial charge in [-0.2, -0.15) is 0 Å². The highest BCUT2D eigenvalue weighted by atomic mass is 35.5. The molecule has 0 aliphatic heterocycles. The lowest BCUT2D eigenvalue weighted by molar-refractivity contribution is 0.0600. The quantitative estimate of drug-likeness (QED) is 0.336. The van der Waals surface area contributed by atoms with Crippen LogP contribution in [0.1, 0.15) is 15.9 Å². The lowest BCUT2D eigenvalue weighted by Crippen LogP contribution is -2.04. The maximum atomic E-state index is 11.3. The Morgan fingerprint density at radius 1 is 1.17 bits per heavy atom. The third kappa shape index (κ3) is 5.64. The van der Waals surface area contributed by atoms with Crippen LogP contribution in [0.15, 0.2) is 53.7 Å². The van der Waals surface area contributed by atoms with Gasteiger partial charge in [-0.05, 0) is 35.9 Å². The number of oxime groups is 1. The van der Waals surface area contributed by atoms with Crippen LogP contribution in [-0.2, 0) is 9.57 Å². The van der Waals surface area contributed by atoms with Crippen LogP contribution < -0.4 is 4.74 Å². The van der Waals surface area contributed by atoms with Gasteiger partial charge in [0.2, 0.25) is 0 Å². The molecule has 120 valence electrons. The van der Waals surface area contributed by atoms with Crippen molar-refractivity contribution in [2.75, 3.05) is 20.3 Å². The summed E-state index contributed by atoms with van der Waals surface area (Å²) in [6.07, 6.45) is 1.56. The molecule has 0 N–H and O–H groups in total. The fourth-order valence-corrected chi connectivity index (χ4v) is 1.91. The molecule has 0 radical (unpaired) electrons. The van der Waals surface area contributed by atoms with Crippen LogP contribution in [0, 0.1) is 0 Å². The average molecular weight is 334 g/mol. The largest absolute Gasteiger partial charge is 0.490 e. The predicted octanol–water partition coefficient (Wildman–Crippen LogP) is 3.56. The Morgan fingerprint density at radius 3 is 2.65 bits per heavy atom. The molecule has 2 aromatic carbocycles. The van der Waals surface area contributed by atoms with E-state index in [0.717, 1.165) is 5.56 Å². The molecule has 6 heteroatoms. The van der Waals surface area contributed by atoms with Crippen LogP contribution in [0.3, 0.4) is 0 Å². The summed E-state index contributed by atoms with van der Waals surface area (Å²) in [4.78, 5) is 16.4. The van der Waals surface area contributed by atoms with Crippen molar-refractivity contribution >= 4 is 23.8 Å². The minimum atomic E-state index is -0.372. The molecule has 0 aliphatic carbocycles. The van der Waals surface area contributed by atoms with Crippen LogP contribution in [0.25, 0.3) is 0 Å². The summed E-state index contributed by atoms with van der Waals surface area (Å²) in [7, 11) is 1.34. The first kappa shape index (κ1) is 16.8. The van der Waals surface area contributed by atoms with Crippen molar-refractivity contribution in [3.8, 4) is 5.75 Å². The van der Waals surface area contributed by atoms with Gasteiger partial charge in [0.25, 0.3) is 0 Å². The monoisotopic (exact) mass is 333 g/mol. The molecule has 0 saturated heterocycles. The van der Waals surface area contributed by atoms with Gasteiger partial charge in [0.15, 0.2) is 6.61 Å². The number of ether oxygens (including phenoxy) is 2. The number of hydrogen-bond donors (Lipinski definition) is 0. The third-order valence-electron chi connectivity index (χ3n) is 2.85. The van der Waals surface area contributed by atoms with E-state index >= 15 is 0 Å². The van der Waals surface area contributed by atoms with Crippen molar-refractivity contribution in [3.05, 3.63) is 64.7 Å². The SMILES string of the molecule is COC(=O)c1ccc(/C=N/OCCOc2cccc(Cl)c2)cc1. The van der Waals surface area contributed by atoms with E-state index in [1.165, 1.54) is 7.11 Å². The van der Waals surface area contributed by atoms with E-state index in [0.29, 0.717) is 29.5 Å². The fraction of sp³-hybridized carbons (Fsp3) is 0.176. The van der Waals surface area contributed by atoms with Crippen molar-refractivity contribution in [2.45, 2.75) is 0 Å². The van der Waals surface area contributed by atoms with Crippen LogP contribution in [0.2, 0.25) is 5.02 Å². The molecular weight excluding hydrogens is 318 g/mol. The number of rotatable bonds is 7. The number of halogens is 1. The number of hydrogen-bond acceptors (Lipinski definition) is 5. The normalized spacial score (nSPS) is 10.5. The molecule has 0 fully saturated rings. The molecule has 5 nitrogen and oxygen atoms in total. The van der Waals surface area contributed by atoms with E-state index in [2.05, 4.69) is 9.89 Å². The summed E-state index contributed by atoms with van der Waals surface area (Å²) < 4.78 is 10.1. The van der Waals surface area contributed by atoms with Gasteiger partial charge in [-0.15, -0.1) is 0 Å². The molecule has 0 amide bonds. The lowest BCUT2D eigenvalue weighted by atomic mass is 10.1. The lowest BCUT2D eigenvalue weighted by Gasteiger charge is -2.05. The summed E-state index contributed by atoms with van der Waals surface area (Å²) in [6, 6.07) is 14.0. The molecular formula is C17H16ClNO4. The summed E-state index contributed by atoms with van der Waals surface area (Å²) >= 11 is 5.85. The number of carbonyl (C=O) groups excluding carboxylic acids is 1. The van der Waals surface area contributed by atoms with E-state index < -0.39 is 0 Å². The van der Waals surface area contributed by atoms with Gasteiger partial charge in [0, 0.05) is 5.02 Å². The first-order valence-corrected chi connectivity index (χ1v) is 7.29. The van der Waals surface area contributed by atoms with E-state index in [1.54, 1.807) is 42.6 Å². The maximum Gasteiger partial charge on any atom is 0.337 e. The van der Waals surface area contributed by atoms with Gasteiger partial charge >= 0.3 is 5.97 Å². The zero-order valence-corrected chi connectivity index (χ0v) is 13.3. The summed E-state index contributed by atoms with van der Waals surface area (Å²) in [5, 5.41) is 4.46. The predicted molar refractivity (Wildman–Crippen MR) is 88.3 cm³/mol. The third-order valence-corrected chi connectivity index (χ3v) is 3.08. The Bertz CT molecular complexity index is 671. The minimum absolute atomic E-state index is 0.309. The van der Waals surface area contributed by atoms with E-state index in [-0.39, 0.29) is 5.97 Å². The van der Waals surface area contributed by atoms with E-state index in [4.69, 9.17) is 21.2 Å². The smallest absolute Gasteiger partial charge is 0.337 e. The maximum absolute atomic E-state index is 11.3. The van der Waals surface area contributed by atoms with E-state index in [1.807, 2.05) is 12.1 Å². The highest BCUT2D eigenvalue weighted by Crippen LogP contribution is 2.16. The van der Waals surface area contributed by atoms with Gasteiger partial charge in [0.1, 0.15) is 12.4 Å². The van der Waals surface area contributed by atoms with Gasteiger partial charge in [-0.3, -0.25) is 0 Å². The highest BCUT2D eigenvalue weighted by Gasteiger charge is 2.03. The Kier molecular flexibility index (Phi) is 6.44. The van der Waals surface area contributed by atoms with Gasteiger partial charge in [-0.1, -0.05) is 35.0 Å². The molecule has 0 atom stereocenters. The topological polar surface area (TPSA) is 57.1 Å². The number of benzene rings is 2. The summed E-state index contributed by atoms with van der Waals surface area (Å²) in [5.41, 5.74) is 1.30. The van der Waals surface area contributed by atoms with Gasteiger partial charge in [0.05, 0.1) is 18.9 Å². The van der Waals surface area contributed by atoms with Gasteiger partial charge in [-0.25, -0.2) is 4.79 Å². The van der Waals surface area contributed by atoms with Crippen LogP contribution in [-0.4, -0.2) is 32.5 Å². The number of esters is 1. The standard InChI is InChI=1S/C17H16ClNO4/c1-21-17(20)14-7-5-13(6-8-14)12-19-23-10-9-22-16-4-2-3-15(18)11-16/h2-8,11-12H,9-10H2,1H3/b19-12+. The molecule has 0 aliphatic rings. The first-order valence-electron chi connectivity index (χ1n) is 6.91. The fourth-order valence-electron chi connectivity index (χ4n) is 1.73. The molecule has 2 aromatic rings. The zero-order valence-electron chi connectivity index (χ0n) is 12.6. The Labute approximate surface area is 139 Å². The van der Waals surface area contributed by atoms with Crippen molar-refractivity contribution in [3.63, 3.8) is 0 Å². The van der Waals surface area contributed by atoms with Crippen molar-refractivity contribution < 1.29 is 19.1 Å². The van der Waals surface area contributed by atoms with E-state index in [9.17, 15) is 4.79 Å².